The fourth-order valence-electron chi connectivity index (χ4n) is 3.11. The highest BCUT2D eigenvalue weighted by Gasteiger charge is 2.20. The van der Waals surface area contributed by atoms with Crippen molar-refractivity contribution in [3.8, 4) is 5.95 Å². The Morgan fingerprint density at radius 2 is 1.54 bits per heavy atom. The summed E-state index contributed by atoms with van der Waals surface area (Å²) in [6.45, 7) is 5.07. The highest BCUT2D eigenvalue weighted by atomic mass is 16.5. The molecule has 2 saturated heterocycles. The number of nitrogens with zero attached hydrogens (tertiary/aromatic N) is 7. The third kappa shape index (κ3) is 3.19. The van der Waals surface area contributed by atoms with Crippen LogP contribution in [-0.2, 0) is 11.8 Å². The van der Waals surface area contributed by atoms with E-state index in [1.54, 1.807) is 0 Å². The topological polar surface area (TPSA) is 63.2 Å². The van der Waals surface area contributed by atoms with Crippen molar-refractivity contribution in [1.82, 2.24) is 19.5 Å². The van der Waals surface area contributed by atoms with Crippen molar-refractivity contribution >= 4 is 11.9 Å². The Morgan fingerprint density at radius 3 is 2.17 bits per heavy atom. The molecular formula is C16H23N7O. The zero-order valence-electron chi connectivity index (χ0n) is 14.1. The van der Waals surface area contributed by atoms with E-state index < -0.39 is 0 Å². The second-order valence-corrected chi connectivity index (χ2v) is 6.26. The molecule has 8 heteroatoms. The van der Waals surface area contributed by atoms with Gasteiger partial charge in [0, 0.05) is 38.6 Å². The van der Waals surface area contributed by atoms with Crippen LogP contribution >= 0.6 is 0 Å². The van der Waals surface area contributed by atoms with Gasteiger partial charge in [-0.15, -0.1) is 0 Å². The van der Waals surface area contributed by atoms with Gasteiger partial charge in [0.05, 0.1) is 20.3 Å². The molecule has 4 heterocycles. The molecule has 0 N–H and O–H groups in total. The first-order valence-electron chi connectivity index (χ1n) is 8.60. The first kappa shape index (κ1) is 15.3. The molecule has 0 unspecified atom stereocenters. The molecule has 0 atom stereocenters. The second-order valence-electron chi connectivity index (χ2n) is 6.26. The van der Waals surface area contributed by atoms with Gasteiger partial charge in [0.1, 0.15) is 0 Å². The summed E-state index contributed by atoms with van der Waals surface area (Å²) in [4.78, 5) is 18.6. The number of aryl methyl sites for hydroxylation is 1. The fraction of sp³-hybridized carbons (Fsp3) is 0.625. The number of anilines is 2. The van der Waals surface area contributed by atoms with Gasteiger partial charge < -0.3 is 19.1 Å². The van der Waals surface area contributed by atoms with Crippen molar-refractivity contribution in [1.29, 1.82) is 0 Å². The highest BCUT2D eigenvalue weighted by molar-refractivity contribution is 5.42. The molecule has 0 aromatic carbocycles. The van der Waals surface area contributed by atoms with Crippen molar-refractivity contribution < 1.29 is 9.30 Å². The SMILES string of the molecule is C[n+]1[c-]n(-c2nc(N3CCCCC3)nc(N3CCOCC3)n2)cc1. The van der Waals surface area contributed by atoms with Gasteiger partial charge in [-0.2, -0.15) is 4.98 Å². The van der Waals surface area contributed by atoms with E-state index in [1.165, 1.54) is 19.3 Å². The molecule has 4 rings (SSSR count). The number of hydrogen-bond donors (Lipinski definition) is 0. The maximum atomic E-state index is 5.45. The molecule has 0 spiro atoms. The summed E-state index contributed by atoms with van der Waals surface area (Å²) in [6, 6.07) is 0. The summed E-state index contributed by atoms with van der Waals surface area (Å²) in [7, 11) is 1.94. The lowest BCUT2D eigenvalue weighted by atomic mass is 10.1. The smallest absolute Gasteiger partial charge is 0.247 e. The molecule has 0 radical (unpaired) electrons. The van der Waals surface area contributed by atoms with Crippen LogP contribution in [0.1, 0.15) is 19.3 Å². The molecule has 2 fully saturated rings. The van der Waals surface area contributed by atoms with E-state index in [2.05, 4.69) is 21.1 Å². The van der Waals surface area contributed by atoms with Gasteiger partial charge in [0.25, 0.3) is 0 Å². The lowest BCUT2D eigenvalue weighted by molar-refractivity contribution is -0.674. The molecule has 0 saturated carbocycles. The molecule has 0 amide bonds. The number of rotatable bonds is 3. The lowest BCUT2D eigenvalue weighted by Gasteiger charge is -2.30. The number of imidazole rings is 1. The molecule has 2 aromatic heterocycles. The van der Waals surface area contributed by atoms with E-state index in [0.717, 1.165) is 38.1 Å². The van der Waals surface area contributed by atoms with Crippen LogP contribution < -0.4 is 14.4 Å². The summed E-state index contributed by atoms with van der Waals surface area (Å²) in [5.41, 5.74) is 0. The highest BCUT2D eigenvalue weighted by Crippen LogP contribution is 2.20. The standard InChI is InChI=1S/C16H23N7O/c1-20-7-8-23(13-20)16-18-14(21-5-3-2-4-6-21)17-15(19-16)22-9-11-24-12-10-22/h7-8H,2-6,9-12H2,1H3. The zero-order valence-corrected chi connectivity index (χ0v) is 14.1. The minimum atomic E-state index is 0.618. The van der Waals surface area contributed by atoms with Gasteiger partial charge in [-0.3, -0.25) is 4.57 Å². The molecule has 2 aromatic rings. The summed E-state index contributed by atoms with van der Waals surface area (Å²) in [6.07, 6.45) is 10.7. The summed E-state index contributed by atoms with van der Waals surface area (Å²) in [5, 5.41) is 0. The number of morpholine rings is 1. The van der Waals surface area contributed by atoms with Crippen LogP contribution in [0.3, 0.4) is 0 Å². The van der Waals surface area contributed by atoms with E-state index in [4.69, 9.17) is 14.7 Å². The van der Waals surface area contributed by atoms with E-state index in [0.29, 0.717) is 19.2 Å². The minimum Gasteiger partial charge on any atom is -0.378 e. The van der Waals surface area contributed by atoms with Gasteiger partial charge in [0.15, 0.2) is 0 Å². The van der Waals surface area contributed by atoms with Crippen LogP contribution in [0.2, 0.25) is 0 Å². The number of hydrogen-bond acceptors (Lipinski definition) is 6. The second kappa shape index (κ2) is 6.72. The van der Waals surface area contributed by atoms with Crippen molar-refractivity contribution in [2.75, 3.05) is 49.2 Å². The van der Waals surface area contributed by atoms with Gasteiger partial charge in [0.2, 0.25) is 24.2 Å². The van der Waals surface area contributed by atoms with Gasteiger partial charge >= 0.3 is 0 Å². The van der Waals surface area contributed by atoms with E-state index >= 15 is 0 Å². The summed E-state index contributed by atoms with van der Waals surface area (Å²) in [5.74, 6) is 2.12. The number of piperidine rings is 1. The molecule has 128 valence electrons. The van der Waals surface area contributed by atoms with E-state index in [9.17, 15) is 0 Å². The van der Waals surface area contributed by atoms with Crippen molar-refractivity contribution in [3.63, 3.8) is 0 Å². The minimum absolute atomic E-state index is 0.618. The first-order chi connectivity index (χ1) is 11.8. The summed E-state index contributed by atoms with van der Waals surface area (Å²) < 4.78 is 9.13. The Morgan fingerprint density at radius 1 is 0.917 bits per heavy atom. The van der Waals surface area contributed by atoms with Gasteiger partial charge in [-0.05, 0) is 19.3 Å². The quantitative estimate of drug-likeness (QED) is 0.588. The van der Waals surface area contributed by atoms with Crippen LogP contribution in [0.5, 0.6) is 0 Å². The molecular weight excluding hydrogens is 306 g/mol. The van der Waals surface area contributed by atoms with Crippen LogP contribution in [0, 0.1) is 6.33 Å². The summed E-state index contributed by atoms with van der Waals surface area (Å²) >= 11 is 0. The maximum absolute atomic E-state index is 5.45. The molecule has 2 aliphatic heterocycles. The van der Waals surface area contributed by atoms with Gasteiger partial charge in [-0.25, -0.2) is 9.97 Å². The first-order valence-corrected chi connectivity index (χ1v) is 8.60. The van der Waals surface area contributed by atoms with Crippen molar-refractivity contribution in [2.24, 2.45) is 7.05 Å². The molecule has 24 heavy (non-hydrogen) atoms. The molecule has 2 aliphatic rings. The normalized spacial score (nSPS) is 18.9. The third-order valence-electron chi connectivity index (χ3n) is 4.45. The molecule has 0 bridgehead atoms. The lowest BCUT2D eigenvalue weighted by Crippen LogP contribution is -2.38. The number of aromatic nitrogens is 5. The maximum Gasteiger partial charge on any atom is 0.247 e. The fourth-order valence-corrected chi connectivity index (χ4v) is 3.11. The Labute approximate surface area is 141 Å². The average Bonchev–Trinajstić information content (AvgIpc) is 3.09. The molecule has 8 nitrogen and oxygen atoms in total. The zero-order chi connectivity index (χ0) is 16.4. The number of ether oxygens (including phenoxy) is 1. The van der Waals surface area contributed by atoms with E-state index in [-0.39, 0.29) is 0 Å². The monoisotopic (exact) mass is 329 g/mol. The Balaban J connectivity index is 1.71. The Kier molecular flexibility index (Phi) is 4.29. The van der Waals surface area contributed by atoms with Crippen LogP contribution in [0.25, 0.3) is 5.95 Å². The van der Waals surface area contributed by atoms with Crippen molar-refractivity contribution in [2.45, 2.75) is 19.3 Å². The van der Waals surface area contributed by atoms with Crippen LogP contribution in [0.4, 0.5) is 11.9 Å². The van der Waals surface area contributed by atoms with Crippen molar-refractivity contribution in [3.05, 3.63) is 18.7 Å². The van der Waals surface area contributed by atoms with Crippen LogP contribution in [-0.4, -0.2) is 58.9 Å². The van der Waals surface area contributed by atoms with Gasteiger partial charge in [-0.1, -0.05) is 0 Å². The largest absolute Gasteiger partial charge is 0.378 e. The predicted octanol–water partition coefficient (Wildman–Crippen LogP) is 0.114. The molecule has 0 aliphatic carbocycles. The predicted molar refractivity (Wildman–Crippen MR) is 88.3 cm³/mol. The van der Waals surface area contributed by atoms with E-state index in [1.807, 2.05) is 28.6 Å². The Bertz CT molecular complexity index is 653. The third-order valence-corrected chi connectivity index (χ3v) is 4.45. The van der Waals surface area contributed by atoms with Crippen LogP contribution in [0.15, 0.2) is 12.4 Å². The Hall–Kier alpha value is -2.22. The average molecular weight is 329 g/mol.